The zero-order valence-corrected chi connectivity index (χ0v) is 12.0. The van der Waals surface area contributed by atoms with Crippen LogP contribution >= 0.6 is 15.9 Å². The molecule has 0 bridgehead atoms. The SMILES string of the molecule is CCC(Cc1ccccc1)Nc1ccc(Br)nc1. The summed E-state index contributed by atoms with van der Waals surface area (Å²) in [5, 5.41) is 3.52. The second-order valence-corrected chi connectivity index (χ2v) is 5.12. The van der Waals surface area contributed by atoms with Crippen LogP contribution in [0.15, 0.2) is 53.3 Å². The average Bonchev–Trinajstić information content (AvgIpc) is 2.41. The Kier molecular flexibility index (Phi) is 4.76. The predicted octanol–water partition coefficient (Wildman–Crippen LogP) is 4.28. The molecule has 0 aliphatic heterocycles. The van der Waals surface area contributed by atoms with E-state index in [-0.39, 0.29) is 0 Å². The van der Waals surface area contributed by atoms with Gasteiger partial charge in [0.15, 0.2) is 0 Å². The maximum atomic E-state index is 4.23. The van der Waals surface area contributed by atoms with Gasteiger partial charge in [-0.05, 0) is 46.5 Å². The van der Waals surface area contributed by atoms with Gasteiger partial charge < -0.3 is 5.32 Å². The minimum Gasteiger partial charge on any atom is -0.381 e. The predicted molar refractivity (Wildman–Crippen MR) is 79.8 cm³/mol. The summed E-state index contributed by atoms with van der Waals surface area (Å²) >= 11 is 3.34. The van der Waals surface area contributed by atoms with Crippen LogP contribution in [0.1, 0.15) is 18.9 Å². The molecule has 1 aromatic carbocycles. The Hall–Kier alpha value is -1.35. The van der Waals surface area contributed by atoms with Crippen LogP contribution in [0.2, 0.25) is 0 Å². The fourth-order valence-corrected chi connectivity index (χ4v) is 2.13. The van der Waals surface area contributed by atoms with Gasteiger partial charge in [-0.25, -0.2) is 4.98 Å². The number of halogens is 1. The summed E-state index contributed by atoms with van der Waals surface area (Å²) in [5.41, 5.74) is 2.43. The Morgan fingerprint density at radius 2 is 1.94 bits per heavy atom. The molecule has 94 valence electrons. The van der Waals surface area contributed by atoms with Crippen molar-refractivity contribution in [3.8, 4) is 0 Å². The van der Waals surface area contributed by atoms with Gasteiger partial charge in [0.2, 0.25) is 0 Å². The van der Waals surface area contributed by atoms with E-state index in [0.717, 1.165) is 23.1 Å². The van der Waals surface area contributed by atoms with Crippen molar-refractivity contribution in [2.24, 2.45) is 0 Å². The number of anilines is 1. The molecule has 2 nitrogen and oxygen atoms in total. The standard InChI is InChI=1S/C15H17BrN2/c1-2-13(10-12-6-4-3-5-7-12)18-14-8-9-15(16)17-11-14/h3-9,11,13,18H,2,10H2,1H3. The molecular formula is C15H17BrN2. The van der Waals surface area contributed by atoms with Crippen LogP contribution in [0.5, 0.6) is 0 Å². The van der Waals surface area contributed by atoms with Crippen LogP contribution < -0.4 is 5.32 Å². The first-order valence-electron chi connectivity index (χ1n) is 6.20. The third-order valence-electron chi connectivity index (χ3n) is 2.92. The molecule has 1 atom stereocenters. The smallest absolute Gasteiger partial charge is 0.106 e. The average molecular weight is 305 g/mol. The summed E-state index contributed by atoms with van der Waals surface area (Å²) in [6, 6.07) is 15.0. The van der Waals surface area contributed by atoms with E-state index in [1.165, 1.54) is 5.56 Å². The first-order chi connectivity index (χ1) is 8.78. The normalized spacial score (nSPS) is 12.1. The molecule has 18 heavy (non-hydrogen) atoms. The van der Waals surface area contributed by atoms with Crippen molar-refractivity contribution in [1.29, 1.82) is 0 Å². The first kappa shape index (κ1) is 13.1. The monoisotopic (exact) mass is 304 g/mol. The lowest BCUT2D eigenvalue weighted by Crippen LogP contribution is -2.21. The molecule has 0 saturated carbocycles. The highest BCUT2D eigenvalue weighted by atomic mass is 79.9. The van der Waals surface area contributed by atoms with Crippen LogP contribution in [0.4, 0.5) is 5.69 Å². The van der Waals surface area contributed by atoms with Gasteiger partial charge in [-0.2, -0.15) is 0 Å². The van der Waals surface area contributed by atoms with Crippen molar-refractivity contribution in [2.75, 3.05) is 5.32 Å². The fourth-order valence-electron chi connectivity index (χ4n) is 1.89. The molecule has 0 fully saturated rings. The summed E-state index contributed by atoms with van der Waals surface area (Å²) < 4.78 is 0.865. The molecule has 3 heteroatoms. The van der Waals surface area contributed by atoms with Gasteiger partial charge >= 0.3 is 0 Å². The zero-order chi connectivity index (χ0) is 12.8. The van der Waals surface area contributed by atoms with Crippen LogP contribution in [0, 0.1) is 0 Å². The Morgan fingerprint density at radius 3 is 2.56 bits per heavy atom. The summed E-state index contributed by atoms with van der Waals surface area (Å²) in [4.78, 5) is 4.23. The van der Waals surface area contributed by atoms with E-state index in [1.807, 2.05) is 18.3 Å². The minimum atomic E-state index is 0.440. The molecule has 0 radical (unpaired) electrons. The molecule has 1 unspecified atom stereocenters. The Morgan fingerprint density at radius 1 is 1.17 bits per heavy atom. The molecular weight excluding hydrogens is 288 g/mol. The Bertz CT molecular complexity index is 468. The van der Waals surface area contributed by atoms with Gasteiger partial charge in [-0.15, -0.1) is 0 Å². The third kappa shape index (κ3) is 3.84. The van der Waals surface area contributed by atoms with Gasteiger partial charge in [0.1, 0.15) is 4.60 Å². The second kappa shape index (κ2) is 6.55. The Labute approximate surface area is 117 Å². The fraction of sp³-hybridized carbons (Fsp3) is 0.267. The van der Waals surface area contributed by atoms with E-state index in [9.17, 15) is 0 Å². The summed E-state index contributed by atoms with van der Waals surface area (Å²) in [6.07, 6.45) is 3.98. The largest absolute Gasteiger partial charge is 0.381 e. The molecule has 0 aliphatic carbocycles. The van der Waals surface area contributed by atoms with E-state index < -0.39 is 0 Å². The van der Waals surface area contributed by atoms with E-state index in [0.29, 0.717) is 6.04 Å². The van der Waals surface area contributed by atoms with E-state index in [4.69, 9.17) is 0 Å². The van der Waals surface area contributed by atoms with Crippen molar-refractivity contribution in [3.05, 3.63) is 58.8 Å². The molecule has 0 aliphatic rings. The van der Waals surface area contributed by atoms with Crippen LogP contribution in [0.25, 0.3) is 0 Å². The van der Waals surface area contributed by atoms with Gasteiger partial charge in [0.25, 0.3) is 0 Å². The van der Waals surface area contributed by atoms with E-state index in [2.05, 4.69) is 63.5 Å². The van der Waals surface area contributed by atoms with Crippen molar-refractivity contribution < 1.29 is 0 Å². The van der Waals surface area contributed by atoms with Gasteiger partial charge in [-0.3, -0.25) is 0 Å². The van der Waals surface area contributed by atoms with Crippen LogP contribution in [0.3, 0.4) is 0 Å². The molecule has 1 N–H and O–H groups in total. The first-order valence-corrected chi connectivity index (χ1v) is 6.99. The topological polar surface area (TPSA) is 24.9 Å². The van der Waals surface area contributed by atoms with Crippen LogP contribution in [-0.4, -0.2) is 11.0 Å². The van der Waals surface area contributed by atoms with Crippen molar-refractivity contribution in [2.45, 2.75) is 25.8 Å². The molecule has 1 aromatic heterocycles. The highest BCUT2D eigenvalue weighted by Gasteiger charge is 2.07. The highest BCUT2D eigenvalue weighted by Crippen LogP contribution is 2.14. The number of pyridine rings is 1. The number of rotatable bonds is 5. The van der Waals surface area contributed by atoms with Crippen molar-refractivity contribution >= 4 is 21.6 Å². The molecule has 2 rings (SSSR count). The highest BCUT2D eigenvalue weighted by molar-refractivity contribution is 9.10. The molecule has 2 aromatic rings. The second-order valence-electron chi connectivity index (χ2n) is 4.31. The lowest BCUT2D eigenvalue weighted by atomic mass is 10.0. The van der Waals surface area contributed by atoms with Crippen LogP contribution in [-0.2, 0) is 6.42 Å². The number of hydrogen-bond acceptors (Lipinski definition) is 2. The van der Waals surface area contributed by atoms with E-state index >= 15 is 0 Å². The van der Waals surface area contributed by atoms with E-state index in [1.54, 1.807) is 0 Å². The van der Waals surface area contributed by atoms with Gasteiger partial charge in [0.05, 0.1) is 11.9 Å². The lowest BCUT2D eigenvalue weighted by Gasteiger charge is -2.18. The number of nitrogens with one attached hydrogen (secondary N) is 1. The minimum absolute atomic E-state index is 0.440. The summed E-state index contributed by atoms with van der Waals surface area (Å²) in [7, 11) is 0. The number of hydrogen-bond donors (Lipinski definition) is 1. The molecule has 0 saturated heterocycles. The third-order valence-corrected chi connectivity index (χ3v) is 3.38. The van der Waals surface area contributed by atoms with Crippen molar-refractivity contribution in [1.82, 2.24) is 4.98 Å². The van der Waals surface area contributed by atoms with Crippen molar-refractivity contribution in [3.63, 3.8) is 0 Å². The quantitative estimate of drug-likeness (QED) is 0.834. The summed E-state index contributed by atoms with van der Waals surface area (Å²) in [6.45, 7) is 2.20. The van der Waals surface area contributed by atoms with Gasteiger partial charge in [-0.1, -0.05) is 37.3 Å². The lowest BCUT2D eigenvalue weighted by molar-refractivity contribution is 0.690. The zero-order valence-electron chi connectivity index (χ0n) is 10.4. The number of nitrogens with zero attached hydrogens (tertiary/aromatic N) is 1. The van der Waals surface area contributed by atoms with Gasteiger partial charge in [0, 0.05) is 6.04 Å². The number of benzene rings is 1. The molecule has 0 amide bonds. The molecule has 1 heterocycles. The maximum Gasteiger partial charge on any atom is 0.106 e. The maximum absolute atomic E-state index is 4.23. The number of aromatic nitrogens is 1. The molecule has 0 spiro atoms. The summed E-state index contributed by atoms with van der Waals surface area (Å²) in [5.74, 6) is 0. The Balaban J connectivity index is 1.99.